The fraction of sp³-hybridized carbons (Fsp3) is 0.286. The van der Waals surface area contributed by atoms with Gasteiger partial charge < -0.3 is 20.6 Å². The number of H-pyrrole nitrogens is 2. The van der Waals surface area contributed by atoms with Crippen molar-refractivity contribution in [1.29, 1.82) is 0 Å². The predicted molar refractivity (Wildman–Crippen MR) is 141 cm³/mol. The van der Waals surface area contributed by atoms with Gasteiger partial charge in [0.15, 0.2) is 0 Å². The minimum Gasteiger partial charge on any atom is -0.341 e. The summed E-state index contributed by atoms with van der Waals surface area (Å²) in [6.45, 7) is 7.87. The Kier molecular flexibility index (Phi) is 6.70. The van der Waals surface area contributed by atoms with E-state index in [0.717, 1.165) is 72.7 Å². The van der Waals surface area contributed by atoms with Crippen molar-refractivity contribution in [3.63, 3.8) is 0 Å². The van der Waals surface area contributed by atoms with E-state index < -0.39 is 0 Å². The molecule has 0 spiro atoms. The van der Waals surface area contributed by atoms with Crippen LogP contribution in [-0.4, -0.2) is 33.0 Å². The molecule has 2 heterocycles. The zero-order valence-electron chi connectivity index (χ0n) is 19.9. The Balaban J connectivity index is 1.33. The fourth-order valence-electron chi connectivity index (χ4n) is 4.27. The first-order valence-electron chi connectivity index (χ1n) is 12.2. The van der Waals surface area contributed by atoms with Crippen molar-refractivity contribution in [2.24, 2.45) is 0 Å². The highest BCUT2D eigenvalue weighted by atomic mass is 15.0. The van der Waals surface area contributed by atoms with E-state index in [1.807, 2.05) is 0 Å². The molecule has 0 saturated carbocycles. The van der Waals surface area contributed by atoms with E-state index in [1.165, 1.54) is 22.3 Å². The third-order valence-electron chi connectivity index (χ3n) is 6.05. The van der Waals surface area contributed by atoms with E-state index in [0.29, 0.717) is 0 Å². The zero-order valence-corrected chi connectivity index (χ0v) is 19.9. The molecular weight excluding hydrogens is 420 g/mol. The Morgan fingerprint density at radius 1 is 0.588 bits per heavy atom. The lowest BCUT2D eigenvalue weighted by Crippen LogP contribution is -2.14. The molecule has 0 unspecified atom stereocenters. The van der Waals surface area contributed by atoms with Crippen molar-refractivity contribution in [2.45, 2.75) is 39.8 Å². The van der Waals surface area contributed by atoms with Crippen molar-refractivity contribution < 1.29 is 0 Å². The maximum absolute atomic E-state index is 4.69. The lowest BCUT2D eigenvalue weighted by atomic mass is 10.00. The summed E-state index contributed by atoms with van der Waals surface area (Å²) in [5.41, 5.74) is 8.91. The number of imidazole rings is 2. The van der Waals surface area contributed by atoms with Gasteiger partial charge in [0.25, 0.3) is 0 Å². The lowest BCUT2D eigenvalue weighted by molar-refractivity contribution is 0.656. The summed E-state index contributed by atoms with van der Waals surface area (Å²) in [6.07, 6.45) is 2.24. The second kappa shape index (κ2) is 10.2. The van der Waals surface area contributed by atoms with Crippen LogP contribution in [0.5, 0.6) is 0 Å². The van der Waals surface area contributed by atoms with E-state index in [9.17, 15) is 0 Å². The molecule has 0 aliphatic rings. The second-order valence-electron chi connectivity index (χ2n) is 8.76. The first-order chi connectivity index (χ1) is 16.7. The van der Waals surface area contributed by atoms with Crippen molar-refractivity contribution in [3.8, 4) is 22.3 Å². The van der Waals surface area contributed by atoms with Crippen molar-refractivity contribution in [3.05, 3.63) is 72.3 Å². The first-order valence-corrected chi connectivity index (χ1v) is 12.2. The molecule has 6 heteroatoms. The quantitative estimate of drug-likeness (QED) is 0.203. The van der Waals surface area contributed by atoms with Crippen LogP contribution in [0.2, 0.25) is 0 Å². The Hall–Kier alpha value is -3.48. The topological polar surface area (TPSA) is 81.4 Å². The van der Waals surface area contributed by atoms with Gasteiger partial charge in [-0.15, -0.1) is 0 Å². The Labute approximate surface area is 200 Å². The number of fused-ring (bicyclic) bond motifs is 2. The molecule has 0 radical (unpaired) electrons. The van der Waals surface area contributed by atoms with Gasteiger partial charge in [0.05, 0.1) is 35.2 Å². The fourth-order valence-corrected chi connectivity index (χ4v) is 4.27. The summed E-state index contributed by atoms with van der Waals surface area (Å²) in [6, 6.07) is 21.6. The molecule has 4 N–H and O–H groups in total. The van der Waals surface area contributed by atoms with Crippen LogP contribution in [0, 0.1) is 0 Å². The van der Waals surface area contributed by atoms with Gasteiger partial charge in [0.1, 0.15) is 11.6 Å². The smallest absolute Gasteiger partial charge is 0.121 e. The van der Waals surface area contributed by atoms with E-state index in [-0.39, 0.29) is 0 Å². The third-order valence-corrected chi connectivity index (χ3v) is 6.05. The molecule has 174 valence electrons. The maximum atomic E-state index is 4.69. The average Bonchev–Trinajstić information content (AvgIpc) is 3.46. The highest BCUT2D eigenvalue weighted by molar-refractivity contribution is 5.84. The molecule has 0 amide bonds. The van der Waals surface area contributed by atoms with Crippen molar-refractivity contribution in [1.82, 2.24) is 30.6 Å². The summed E-state index contributed by atoms with van der Waals surface area (Å²) in [4.78, 5) is 16.3. The van der Waals surface area contributed by atoms with Crippen LogP contribution in [0.15, 0.2) is 60.7 Å². The maximum Gasteiger partial charge on any atom is 0.121 e. The largest absolute Gasteiger partial charge is 0.341 e. The summed E-state index contributed by atoms with van der Waals surface area (Å²) >= 11 is 0. The number of aromatic nitrogens is 4. The standard InChI is InChI=1S/C28H32N6/c1-3-13-29-17-27-31-23-11-9-21(15-25(23)33-27)19-5-7-20(8-6-19)22-10-12-24-26(16-22)34-28(32-24)18-30-14-4-2/h5-12,15-16,29-30H,3-4,13-14,17-18H2,1-2H3,(H,31,33)(H,32,34). The normalized spacial score (nSPS) is 11.6. The van der Waals surface area contributed by atoms with Crippen LogP contribution in [0.25, 0.3) is 44.3 Å². The van der Waals surface area contributed by atoms with E-state index >= 15 is 0 Å². The van der Waals surface area contributed by atoms with Gasteiger partial charge in [0, 0.05) is 0 Å². The first kappa shape index (κ1) is 22.3. The third kappa shape index (κ3) is 4.88. The molecule has 0 aliphatic heterocycles. The van der Waals surface area contributed by atoms with Gasteiger partial charge >= 0.3 is 0 Å². The molecule has 0 bridgehead atoms. The zero-order chi connectivity index (χ0) is 23.3. The monoisotopic (exact) mass is 452 g/mol. The van der Waals surface area contributed by atoms with Gasteiger partial charge in [-0.2, -0.15) is 0 Å². The van der Waals surface area contributed by atoms with Crippen LogP contribution in [0.3, 0.4) is 0 Å². The molecule has 5 aromatic rings. The van der Waals surface area contributed by atoms with Gasteiger partial charge in [-0.25, -0.2) is 9.97 Å². The molecule has 5 rings (SSSR count). The number of nitrogens with one attached hydrogen (secondary N) is 4. The summed E-state index contributed by atoms with van der Waals surface area (Å²) in [5.74, 6) is 1.96. The number of hydrogen-bond acceptors (Lipinski definition) is 4. The van der Waals surface area contributed by atoms with Gasteiger partial charge in [-0.05, 0) is 72.5 Å². The lowest BCUT2D eigenvalue weighted by Gasteiger charge is -2.05. The second-order valence-corrected chi connectivity index (χ2v) is 8.76. The molecule has 0 saturated heterocycles. The Morgan fingerprint density at radius 2 is 1.00 bits per heavy atom. The minimum atomic E-state index is 0.768. The van der Waals surface area contributed by atoms with Crippen LogP contribution < -0.4 is 10.6 Å². The van der Waals surface area contributed by atoms with Crippen LogP contribution in [0.4, 0.5) is 0 Å². The van der Waals surface area contributed by atoms with Gasteiger partial charge in [-0.3, -0.25) is 0 Å². The molecule has 0 fully saturated rings. The number of aromatic amines is 2. The van der Waals surface area contributed by atoms with Crippen LogP contribution >= 0.6 is 0 Å². The molecule has 0 aliphatic carbocycles. The van der Waals surface area contributed by atoms with E-state index in [1.54, 1.807) is 0 Å². The molecule has 0 atom stereocenters. The van der Waals surface area contributed by atoms with E-state index in [4.69, 9.17) is 9.97 Å². The SMILES string of the molecule is CCCNCc1nc2ccc(-c3ccc(-c4ccc5nc(CNCCC)[nH]c5c4)cc3)cc2[nH]1. The highest BCUT2D eigenvalue weighted by Gasteiger charge is 2.08. The Morgan fingerprint density at radius 3 is 1.41 bits per heavy atom. The number of benzene rings is 3. The Bertz CT molecular complexity index is 1270. The van der Waals surface area contributed by atoms with Crippen LogP contribution in [-0.2, 0) is 13.1 Å². The number of rotatable bonds is 10. The van der Waals surface area contributed by atoms with Gasteiger partial charge in [-0.1, -0.05) is 50.2 Å². The molecule has 2 aromatic heterocycles. The van der Waals surface area contributed by atoms with Crippen LogP contribution in [0.1, 0.15) is 38.3 Å². The number of nitrogens with zero attached hydrogens (tertiary/aromatic N) is 2. The van der Waals surface area contributed by atoms with Gasteiger partial charge in [0.2, 0.25) is 0 Å². The highest BCUT2D eigenvalue weighted by Crippen LogP contribution is 2.28. The summed E-state index contributed by atoms with van der Waals surface area (Å²) in [7, 11) is 0. The average molecular weight is 453 g/mol. The minimum absolute atomic E-state index is 0.768. The summed E-state index contributed by atoms with van der Waals surface area (Å²) in [5, 5.41) is 6.80. The molecule has 34 heavy (non-hydrogen) atoms. The van der Waals surface area contributed by atoms with E-state index in [2.05, 4.69) is 95.1 Å². The number of hydrogen-bond donors (Lipinski definition) is 4. The van der Waals surface area contributed by atoms with Crippen molar-refractivity contribution >= 4 is 22.1 Å². The molecular formula is C28H32N6. The van der Waals surface area contributed by atoms with Crippen molar-refractivity contribution in [2.75, 3.05) is 13.1 Å². The predicted octanol–water partition coefficient (Wildman–Crippen LogP) is 5.77. The summed E-state index contributed by atoms with van der Waals surface area (Å²) < 4.78 is 0. The molecule has 6 nitrogen and oxygen atoms in total. The molecule has 3 aromatic carbocycles.